The standard InChI is InChI=1S/C23H27NO.C23H29NO.C19H20N2O.2C2H6/c1-17-12-14-24(15-13-17)23(25)22-16-20-8-3-2-6-18(20)10-11-19-7-4-5-9-21(19)22;1-18-13-15-24(16-14-18)23(25)17-22-10-6-5-9-21(22)12-11-20-8-4-3-7-19(20)2;1-14-10-12-20(13-11-14)19(22)21-17-8-4-2-6-15(17)16-7-3-5-9-18(16)21;2*1-2/h2-9,17,22H,10-16H2,1H3;3-10,18H,11-17H2,1-2H3;2-9,14H,10-13H2,1H3;2*1-2H3. The molecule has 7 heteroatoms. The molecule has 4 heterocycles. The van der Waals surface area contributed by atoms with Crippen LogP contribution in [0.2, 0.25) is 0 Å². The van der Waals surface area contributed by atoms with Gasteiger partial charge in [-0.05, 0) is 152 Å². The summed E-state index contributed by atoms with van der Waals surface area (Å²) in [6.45, 7) is 22.4. The fourth-order valence-corrected chi connectivity index (χ4v) is 11.5. The molecule has 3 fully saturated rings. The van der Waals surface area contributed by atoms with Crippen LogP contribution in [0.4, 0.5) is 4.79 Å². The molecule has 6 aromatic carbocycles. The van der Waals surface area contributed by atoms with E-state index in [9.17, 15) is 14.4 Å². The van der Waals surface area contributed by atoms with Crippen LogP contribution >= 0.6 is 0 Å². The Balaban J connectivity index is 0.000000161. The summed E-state index contributed by atoms with van der Waals surface area (Å²) < 4.78 is 1.89. The number of carbonyl (C=O) groups is 3. The van der Waals surface area contributed by atoms with Crippen molar-refractivity contribution in [1.29, 1.82) is 0 Å². The Kier molecular flexibility index (Phi) is 21.5. The topological polar surface area (TPSA) is 65.9 Å². The van der Waals surface area contributed by atoms with Crippen LogP contribution in [-0.2, 0) is 48.1 Å². The van der Waals surface area contributed by atoms with Gasteiger partial charge < -0.3 is 14.7 Å². The minimum absolute atomic E-state index is 0.0361. The van der Waals surface area contributed by atoms with Gasteiger partial charge in [0.15, 0.2) is 0 Å². The van der Waals surface area contributed by atoms with Crippen LogP contribution in [0.1, 0.15) is 137 Å². The summed E-state index contributed by atoms with van der Waals surface area (Å²) in [6, 6.07) is 50.7. The maximum Gasteiger partial charge on any atom is 0.329 e. The highest BCUT2D eigenvalue weighted by Gasteiger charge is 2.32. The Labute approximate surface area is 456 Å². The van der Waals surface area contributed by atoms with Crippen molar-refractivity contribution in [1.82, 2.24) is 19.3 Å². The molecule has 3 aliphatic heterocycles. The molecule has 3 amide bonds. The number of para-hydroxylation sites is 2. The molecule has 1 aromatic heterocycles. The molecule has 1 aliphatic carbocycles. The fraction of sp³-hybridized carbons (Fsp3) is 0.435. The van der Waals surface area contributed by atoms with Gasteiger partial charge in [0.25, 0.3) is 0 Å². The van der Waals surface area contributed by atoms with E-state index < -0.39 is 0 Å². The third-order valence-corrected chi connectivity index (χ3v) is 16.4. The minimum Gasteiger partial charge on any atom is -0.342 e. The Morgan fingerprint density at radius 2 is 0.868 bits per heavy atom. The summed E-state index contributed by atoms with van der Waals surface area (Å²) in [5.41, 5.74) is 12.6. The molecule has 76 heavy (non-hydrogen) atoms. The highest BCUT2D eigenvalue weighted by Crippen LogP contribution is 2.34. The monoisotopic (exact) mass is 1020 g/mol. The van der Waals surface area contributed by atoms with E-state index in [1.54, 1.807) is 0 Å². The molecular formula is C69H88N4O3. The average molecular weight is 1020 g/mol. The van der Waals surface area contributed by atoms with Crippen LogP contribution in [-0.4, -0.2) is 76.4 Å². The summed E-state index contributed by atoms with van der Waals surface area (Å²) >= 11 is 0. The number of benzene rings is 6. The SMILES string of the molecule is CC.CC.CC1CCN(C(=O)C2Cc3ccccc3CCc3ccccc32)CC1.CC1CCN(C(=O)n2c3ccccc3c3ccccc32)CC1.Cc1ccccc1CCc1ccccc1CC(=O)N1CCC(C)CC1. The highest BCUT2D eigenvalue weighted by atomic mass is 16.2. The second-order valence-electron chi connectivity index (χ2n) is 21.5. The molecule has 402 valence electrons. The van der Waals surface area contributed by atoms with E-state index in [0.717, 1.165) is 149 Å². The number of likely N-dealkylation sites (tertiary alicyclic amines) is 3. The Bertz CT molecular complexity index is 2890. The summed E-state index contributed by atoms with van der Waals surface area (Å²) in [6.07, 6.45) is 12.2. The van der Waals surface area contributed by atoms with E-state index in [1.165, 1.54) is 44.5 Å². The van der Waals surface area contributed by atoms with Gasteiger partial charge >= 0.3 is 6.03 Å². The number of rotatable bonds is 6. The molecule has 11 rings (SSSR count). The first-order valence-corrected chi connectivity index (χ1v) is 29.2. The third kappa shape index (κ3) is 14.5. The van der Waals surface area contributed by atoms with Crippen molar-refractivity contribution in [3.63, 3.8) is 0 Å². The number of piperidine rings is 3. The van der Waals surface area contributed by atoms with Crippen molar-refractivity contribution in [2.75, 3.05) is 39.3 Å². The lowest BCUT2D eigenvalue weighted by Gasteiger charge is -2.34. The number of hydrogen-bond acceptors (Lipinski definition) is 3. The van der Waals surface area contributed by atoms with E-state index in [0.29, 0.717) is 12.3 Å². The molecule has 7 aromatic rings. The lowest BCUT2D eigenvalue weighted by molar-refractivity contribution is -0.134. The van der Waals surface area contributed by atoms with E-state index in [1.807, 2.05) is 73.6 Å². The molecule has 1 unspecified atom stereocenters. The molecule has 7 nitrogen and oxygen atoms in total. The first kappa shape index (κ1) is 57.2. The lowest BCUT2D eigenvalue weighted by Crippen LogP contribution is -2.41. The van der Waals surface area contributed by atoms with Crippen LogP contribution < -0.4 is 0 Å². The van der Waals surface area contributed by atoms with Crippen molar-refractivity contribution in [3.8, 4) is 0 Å². The fourth-order valence-electron chi connectivity index (χ4n) is 11.5. The number of fused-ring (bicyclic) bond motifs is 5. The van der Waals surface area contributed by atoms with Gasteiger partial charge in [0, 0.05) is 50.0 Å². The summed E-state index contributed by atoms with van der Waals surface area (Å²) in [4.78, 5) is 45.4. The van der Waals surface area contributed by atoms with Crippen molar-refractivity contribution in [2.45, 2.75) is 138 Å². The van der Waals surface area contributed by atoms with Gasteiger partial charge in [-0.3, -0.25) is 14.2 Å². The minimum atomic E-state index is -0.0361. The lowest BCUT2D eigenvalue weighted by atomic mass is 9.81. The number of hydrogen-bond donors (Lipinski definition) is 0. The number of aryl methyl sites for hydroxylation is 5. The van der Waals surface area contributed by atoms with E-state index in [4.69, 9.17) is 0 Å². The van der Waals surface area contributed by atoms with Crippen molar-refractivity contribution >= 4 is 39.7 Å². The second-order valence-corrected chi connectivity index (χ2v) is 21.5. The summed E-state index contributed by atoms with van der Waals surface area (Å²) in [5.74, 6) is 2.80. The first-order valence-electron chi connectivity index (χ1n) is 29.2. The summed E-state index contributed by atoms with van der Waals surface area (Å²) in [7, 11) is 0. The largest absolute Gasteiger partial charge is 0.342 e. The van der Waals surface area contributed by atoms with E-state index in [2.05, 4.69) is 147 Å². The molecule has 0 bridgehead atoms. The van der Waals surface area contributed by atoms with Crippen LogP contribution in [0.5, 0.6) is 0 Å². The van der Waals surface area contributed by atoms with Gasteiger partial charge in [-0.15, -0.1) is 0 Å². The van der Waals surface area contributed by atoms with Crippen molar-refractivity contribution in [2.24, 2.45) is 17.8 Å². The van der Waals surface area contributed by atoms with Crippen molar-refractivity contribution in [3.05, 3.63) is 190 Å². The maximum absolute atomic E-state index is 13.4. The molecule has 0 radical (unpaired) electrons. The number of nitrogens with zero attached hydrogens (tertiary/aromatic N) is 4. The smallest absolute Gasteiger partial charge is 0.329 e. The molecule has 0 saturated carbocycles. The van der Waals surface area contributed by atoms with Gasteiger partial charge in [0.2, 0.25) is 11.8 Å². The molecule has 4 aliphatic rings. The van der Waals surface area contributed by atoms with Gasteiger partial charge in [0.1, 0.15) is 0 Å². The van der Waals surface area contributed by atoms with Crippen LogP contribution in [0.25, 0.3) is 21.8 Å². The number of amides is 3. The van der Waals surface area contributed by atoms with Crippen LogP contribution in [0.3, 0.4) is 0 Å². The highest BCUT2D eigenvalue weighted by molar-refractivity contribution is 6.13. The van der Waals surface area contributed by atoms with Gasteiger partial charge in [-0.1, -0.05) is 182 Å². The Morgan fingerprint density at radius 1 is 0.447 bits per heavy atom. The predicted octanol–water partition coefficient (Wildman–Crippen LogP) is 15.5. The molecule has 0 N–H and O–H groups in total. The normalized spacial score (nSPS) is 16.9. The van der Waals surface area contributed by atoms with Crippen LogP contribution in [0, 0.1) is 24.7 Å². The zero-order valence-corrected chi connectivity index (χ0v) is 47.4. The first-order chi connectivity index (χ1) is 37.1. The second kappa shape index (κ2) is 28.6. The zero-order valence-electron chi connectivity index (χ0n) is 47.4. The summed E-state index contributed by atoms with van der Waals surface area (Å²) in [5, 5.41) is 2.30. The zero-order chi connectivity index (χ0) is 54.0. The molecule has 3 saturated heterocycles. The molecule has 1 atom stereocenters. The van der Waals surface area contributed by atoms with Gasteiger partial charge in [-0.2, -0.15) is 0 Å². The van der Waals surface area contributed by atoms with Crippen molar-refractivity contribution < 1.29 is 14.4 Å². The van der Waals surface area contributed by atoms with Gasteiger partial charge in [-0.25, -0.2) is 4.79 Å². The van der Waals surface area contributed by atoms with Crippen LogP contribution in [0.15, 0.2) is 146 Å². The number of carbonyl (C=O) groups excluding carboxylic acids is 3. The van der Waals surface area contributed by atoms with Gasteiger partial charge in [0.05, 0.1) is 23.4 Å². The quantitative estimate of drug-likeness (QED) is 0.167. The Morgan fingerprint density at radius 3 is 1.45 bits per heavy atom. The average Bonchev–Trinajstić information content (AvgIpc) is 3.82. The Hall–Kier alpha value is -6.47. The van der Waals surface area contributed by atoms with E-state index >= 15 is 0 Å². The number of aromatic nitrogens is 1. The maximum atomic E-state index is 13.4. The predicted molar refractivity (Wildman–Crippen MR) is 318 cm³/mol. The third-order valence-electron chi connectivity index (χ3n) is 16.4. The molecule has 0 spiro atoms. The molecular weight excluding hydrogens is 933 g/mol. The van der Waals surface area contributed by atoms with E-state index in [-0.39, 0.29) is 17.9 Å².